The Labute approximate surface area is 139 Å². The van der Waals surface area contributed by atoms with Crippen molar-refractivity contribution in [2.24, 2.45) is 0 Å². The Morgan fingerprint density at radius 1 is 1.17 bits per heavy atom. The number of aromatic nitrogens is 1. The van der Waals surface area contributed by atoms with E-state index in [1.54, 1.807) is 0 Å². The minimum atomic E-state index is -0.0404. The van der Waals surface area contributed by atoms with Gasteiger partial charge in [0.25, 0.3) is 5.91 Å². The molecule has 0 radical (unpaired) electrons. The molecule has 1 amide bonds. The number of nitrogens with zero attached hydrogens (tertiary/aromatic N) is 3. The van der Waals surface area contributed by atoms with Gasteiger partial charge in [-0.05, 0) is 19.1 Å². The molecule has 0 N–H and O–H groups in total. The van der Waals surface area contributed by atoms with E-state index >= 15 is 0 Å². The standard InChI is InChI=1S/C18H19N3O3/c1-13-10-15(24-19-13)12-20-6-8-21(9-7-20)18(22)17-11-14-4-2-3-5-16(14)23-17/h2-5,10-11H,6-9,12H2,1H3. The van der Waals surface area contributed by atoms with Gasteiger partial charge < -0.3 is 13.8 Å². The highest BCUT2D eigenvalue weighted by atomic mass is 16.5. The molecule has 0 unspecified atom stereocenters. The van der Waals surface area contributed by atoms with E-state index in [4.69, 9.17) is 8.94 Å². The van der Waals surface area contributed by atoms with E-state index in [9.17, 15) is 4.79 Å². The Kier molecular flexibility index (Phi) is 3.82. The van der Waals surface area contributed by atoms with Crippen LogP contribution >= 0.6 is 0 Å². The molecule has 3 heterocycles. The van der Waals surface area contributed by atoms with Gasteiger partial charge in [-0.15, -0.1) is 0 Å². The lowest BCUT2D eigenvalue weighted by Gasteiger charge is -2.33. The van der Waals surface area contributed by atoms with Gasteiger partial charge in [-0.3, -0.25) is 9.69 Å². The number of hydrogen-bond donors (Lipinski definition) is 0. The summed E-state index contributed by atoms with van der Waals surface area (Å²) in [5.41, 5.74) is 1.64. The maximum absolute atomic E-state index is 12.6. The summed E-state index contributed by atoms with van der Waals surface area (Å²) in [6.07, 6.45) is 0. The third-order valence-corrected chi connectivity index (χ3v) is 4.35. The molecular weight excluding hydrogens is 306 g/mol. The minimum absolute atomic E-state index is 0.0404. The summed E-state index contributed by atoms with van der Waals surface area (Å²) in [5, 5.41) is 4.87. The van der Waals surface area contributed by atoms with Crippen LogP contribution in [0.25, 0.3) is 11.0 Å². The van der Waals surface area contributed by atoms with Gasteiger partial charge in [-0.25, -0.2) is 0 Å². The molecule has 6 nitrogen and oxygen atoms in total. The van der Waals surface area contributed by atoms with Crippen molar-refractivity contribution in [3.8, 4) is 0 Å². The van der Waals surface area contributed by atoms with Crippen molar-refractivity contribution in [1.29, 1.82) is 0 Å². The molecule has 0 spiro atoms. The molecule has 0 atom stereocenters. The van der Waals surface area contributed by atoms with E-state index in [0.29, 0.717) is 18.8 Å². The quantitative estimate of drug-likeness (QED) is 0.741. The van der Waals surface area contributed by atoms with Crippen LogP contribution in [0.1, 0.15) is 22.0 Å². The smallest absolute Gasteiger partial charge is 0.289 e. The number of furan rings is 1. The van der Waals surface area contributed by atoms with Crippen molar-refractivity contribution in [1.82, 2.24) is 15.0 Å². The number of carbonyl (C=O) groups is 1. The van der Waals surface area contributed by atoms with Crippen molar-refractivity contribution in [2.45, 2.75) is 13.5 Å². The van der Waals surface area contributed by atoms with Crippen LogP contribution in [0.15, 0.2) is 45.3 Å². The third-order valence-electron chi connectivity index (χ3n) is 4.35. The lowest BCUT2D eigenvalue weighted by atomic mass is 10.2. The molecule has 1 aliphatic heterocycles. The van der Waals surface area contributed by atoms with Gasteiger partial charge >= 0.3 is 0 Å². The van der Waals surface area contributed by atoms with Crippen LogP contribution in [0.5, 0.6) is 0 Å². The van der Waals surface area contributed by atoms with Crippen LogP contribution in [-0.4, -0.2) is 47.0 Å². The average molecular weight is 325 g/mol. The molecule has 0 bridgehead atoms. The molecule has 3 aromatic rings. The summed E-state index contributed by atoms with van der Waals surface area (Å²) >= 11 is 0. The summed E-state index contributed by atoms with van der Waals surface area (Å²) in [6.45, 7) is 5.63. The van der Waals surface area contributed by atoms with E-state index in [1.807, 2.05) is 48.2 Å². The number of carbonyl (C=O) groups excluding carboxylic acids is 1. The fraction of sp³-hybridized carbons (Fsp3) is 0.333. The Morgan fingerprint density at radius 3 is 2.67 bits per heavy atom. The van der Waals surface area contributed by atoms with Crippen LogP contribution in [-0.2, 0) is 6.54 Å². The summed E-state index contributed by atoms with van der Waals surface area (Å²) in [5.74, 6) is 1.24. The molecule has 0 saturated carbocycles. The number of hydrogen-bond acceptors (Lipinski definition) is 5. The van der Waals surface area contributed by atoms with Gasteiger partial charge in [0, 0.05) is 37.6 Å². The highest BCUT2D eigenvalue weighted by molar-refractivity contribution is 5.96. The van der Waals surface area contributed by atoms with Crippen molar-refractivity contribution >= 4 is 16.9 Å². The van der Waals surface area contributed by atoms with Gasteiger partial charge in [0.2, 0.25) is 0 Å². The molecule has 1 aliphatic rings. The van der Waals surface area contributed by atoms with Crippen LogP contribution in [0, 0.1) is 6.92 Å². The molecule has 0 aliphatic carbocycles. The summed E-state index contributed by atoms with van der Waals surface area (Å²) in [6, 6.07) is 11.4. The van der Waals surface area contributed by atoms with E-state index in [-0.39, 0.29) is 5.91 Å². The highest BCUT2D eigenvalue weighted by Gasteiger charge is 2.25. The number of piperazine rings is 1. The predicted octanol–water partition coefficient (Wildman–Crippen LogP) is 2.69. The first kappa shape index (κ1) is 15.0. The Balaban J connectivity index is 1.39. The number of aryl methyl sites for hydroxylation is 1. The number of para-hydroxylation sites is 1. The first-order valence-electron chi connectivity index (χ1n) is 8.11. The predicted molar refractivity (Wildman–Crippen MR) is 88.6 cm³/mol. The Hall–Kier alpha value is -2.60. The van der Waals surface area contributed by atoms with Crippen LogP contribution in [0.2, 0.25) is 0 Å². The number of benzene rings is 1. The van der Waals surface area contributed by atoms with E-state index in [2.05, 4.69) is 10.1 Å². The third kappa shape index (κ3) is 2.92. The normalized spacial score (nSPS) is 16.0. The Morgan fingerprint density at radius 2 is 1.96 bits per heavy atom. The topological polar surface area (TPSA) is 62.7 Å². The lowest BCUT2D eigenvalue weighted by molar-refractivity contribution is 0.0589. The zero-order valence-corrected chi connectivity index (χ0v) is 13.6. The van der Waals surface area contributed by atoms with Gasteiger partial charge in [0.05, 0.1) is 12.2 Å². The fourth-order valence-electron chi connectivity index (χ4n) is 3.06. The highest BCUT2D eigenvalue weighted by Crippen LogP contribution is 2.20. The molecule has 24 heavy (non-hydrogen) atoms. The second-order valence-electron chi connectivity index (χ2n) is 6.15. The zero-order valence-electron chi connectivity index (χ0n) is 13.6. The zero-order chi connectivity index (χ0) is 16.5. The van der Waals surface area contributed by atoms with Crippen molar-refractivity contribution < 1.29 is 13.7 Å². The van der Waals surface area contributed by atoms with Crippen LogP contribution < -0.4 is 0 Å². The first-order valence-corrected chi connectivity index (χ1v) is 8.11. The SMILES string of the molecule is Cc1cc(CN2CCN(C(=O)c3cc4ccccc4o3)CC2)on1. The first-order chi connectivity index (χ1) is 11.7. The van der Waals surface area contributed by atoms with Gasteiger partial charge in [0.15, 0.2) is 11.5 Å². The Bertz CT molecular complexity index is 826. The number of fused-ring (bicyclic) bond motifs is 1. The summed E-state index contributed by atoms with van der Waals surface area (Å²) in [7, 11) is 0. The monoisotopic (exact) mass is 325 g/mol. The fourth-order valence-corrected chi connectivity index (χ4v) is 3.06. The molecule has 2 aromatic heterocycles. The van der Waals surface area contributed by atoms with Gasteiger partial charge in [-0.1, -0.05) is 23.4 Å². The maximum atomic E-state index is 12.6. The van der Waals surface area contributed by atoms with Gasteiger partial charge in [0.1, 0.15) is 5.58 Å². The van der Waals surface area contributed by atoms with Gasteiger partial charge in [-0.2, -0.15) is 0 Å². The second-order valence-corrected chi connectivity index (χ2v) is 6.15. The van der Waals surface area contributed by atoms with Crippen molar-refractivity contribution in [3.05, 3.63) is 53.6 Å². The molecule has 1 fully saturated rings. The summed E-state index contributed by atoms with van der Waals surface area (Å²) in [4.78, 5) is 16.7. The van der Waals surface area contributed by atoms with E-state index in [1.165, 1.54) is 0 Å². The molecule has 1 aromatic carbocycles. The minimum Gasteiger partial charge on any atom is -0.451 e. The largest absolute Gasteiger partial charge is 0.451 e. The molecule has 1 saturated heterocycles. The van der Waals surface area contributed by atoms with Crippen LogP contribution in [0.3, 0.4) is 0 Å². The number of rotatable bonds is 3. The van der Waals surface area contributed by atoms with E-state index < -0.39 is 0 Å². The molecule has 124 valence electrons. The van der Waals surface area contributed by atoms with Crippen molar-refractivity contribution in [2.75, 3.05) is 26.2 Å². The average Bonchev–Trinajstić information content (AvgIpc) is 3.21. The molecule has 6 heteroatoms. The summed E-state index contributed by atoms with van der Waals surface area (Å²) < 4.78 is 10.9. The molecule has 4 rings (SSSR count). The maximum Gasteiger partial charge on any atom is 0.289 e. The second kappa shape index (κ2) is 6.13. The van der Waals surface area contributed by atoms with E-state index in [0.717, 1.165) is 42.1 Å². The lowest BCUT2D eigenvalue weighted by Crippen LogP contribution is -2.48. The van der Waals surface area contributed by atoms with Crippen molar-refractivity contribution in [3.63, 3.8) is 0 Å². The molecular formula is C18H19N3O3. The van der Waals surface area contributed by atoms with Crippen LogP contribution in [0.4, 0.5) is 0 Å². The number of amides is 1.